The zero-order chi connectivity index (χ0) is 12.6. The average molecular weight is 236 g/mol. The summed E-state index contributed by atoms with van der Waals surface area (Å²) in [5.41, 5.74) is 0. The van der Waals surface area contributed by atoms with Crippen molar-refractivity contribution in [3.05, 3.63) is 0 Å². The van der Waals surface area contributed by atoms with Gasteiger partial charge in [0.25, 0.3) is 0 Å². The van der Waals surface area contributed by atoms with Crippen LogP contribution in [0, 0.1) is 35.5 Å². The molecule has 5 atom stereocenters. The lowest BCUT2D eigenvalue weighted by Crippen LogP contribution is -2.42. The summed E-state index contributed by atoms with van der Waals surface area (Å²) in [5.74, 6) is 5.18. The molecule has 1 heteroatoms. The maximum atomic E-state index is 11.9. The number of ketones is 1. The molecule has 0 aromatic heterocycles. The monoisotopic (exact) mass is 236 g/mol. The van der Waals surface area contributed by atoms with Crippen LogP contribution in [0.3, 0.4) is 0 Å². The topological polar surface area (TPSA) is 17.1 Å². The number of carbonyl (C=O) groups is 1. The number of fused-ring (bicyclic) bond motifs is 1. The zero-order valence-electron chi connectivity index (χ0n) is 11.9. The van der Waals surface area contributed by atoms with Crippen LogP contribution >= 0.6 is 0 Å². The van der Waals surface area contributed by atoms with Gasteiger partial charge in [-0.2, -0.15) is 0 Å². The molecule has 2 aliphatic carbocycles. The van der Waals surface area contributed by atoms with Gasteiger partial charge in [-0.25, -0.2) is 0 Å². The molecule has 1 nitrogen and oxygen atoms in total. The minimum Gasteiger partial charge on any atom is -0.300 e. The smallest absolute Gasteiger partial charge is 0.133 e. The van der Waals surface area contributed by atoms with Gasteiger partial charge in [0.1, 0.15) is 5.78 Å². The van der Waals surface area contributed by atoms with Crippen LogP contribution in [-0.2, 0) is 4.79 Å². The third kappa shape index (κ3) is 2.74. The molecule has 17 heavy (non-hydrogen) atoms. The van der Waals surface area contributed by atoms with Crippen LogP contribution in [0.25, 0.3) is 0 Å². The van der Waals surface area contributed by atoms with Gasteiger partial charge in [0.2, 0.25) is 0 Å². The second-order valence-electron chi connectivity index (χ2n) is 7.09. The molecule has 2 aliphatic rings. The lowest BCUT2D eigenvalue weighted by atomic mass is 9.57. The Hall–Kier alpha value is -0.330. The first-order chi connectivity index (χ1) is 7.99. The van der Waals surface area contributed by atoms with Crippen molar-refractivity contribution < 1.29 is 4.79 Å². The molecule has 0 N–H and O–H groups in total. The number of hydrogen-bond acceptors (Lipinski definition) is 1. The minimum atomic E-state index is 0.540. The van der Waals surface area contributed by atoms with Crippen molar-refractivity contribution in [2.24, 2.45) is 35.5 Å². The molecule has 0 bridgehead atoms. The molecule has 98 valence electrons. The van der Waals surface area contributed by atoms with E-state index in [0.717, 1.165) is 36.5 Å². The predicted octanol–water partition coefficient (Wildman–Crippen LogP) is 4.31. The van der Waals surface area contributed by atoms with Crippen LogP contribution < -0.4 is 0 Å². The Kier molecular flexibility index (Phi) is 3.95. The van der Waals surface area contributed by atoms with Gasteiger partial charge in [0, 0.05) is 12.8 Å². The summed E-state index contributed by atoms with van der Waals surface area (Å²) in [6.07, 6.45) is 5.65. The van der Waals surface area contributed by atoms with E-state index in [-0.39, 0.29) is 0 Å². The van der Waals surface area contributed by atoms with Crippen LogP contribution in [0.15, 0.2) is 0 Å². The summed E-state index contributed by atoms with van der Waals surface area (Å²) in [5, 5.41) is 0. The molecule has 0 aromatic carbocycles. The van der Waals surface area contributed by atoms with Gasteiger partial charge in [-0.3, -0.25) is 4.79 Å². The van der Waals surface area contributed by atoms with Crippen molar-refractivity contribution in [3.63, 3.8) is 0 Å². The van der Waals surface area contributed by atoms with E-state index in [1.165, 1.54) is 19.3 Å². The standard InChI is InChI=1S/C16H28O/c1-10(2)7-14-9-15(17)8-13-6-5-11(3)12(4)16(13)14/h10-14,16H,5-9H2,1-4H3/t11?,12?,13-,14?,16?/m0/s1. The Bertz CT molecular complexity index is 281. The molecule has 0 heterocycles. The quantitative estimate of drug-likeness (QED) is 0.698. The van der Waals surface area contributed by atoms with Crippen molar-refractivity contribution in [1.29, 1.82) is 0 Å². The Labute approximate surface area is 106 Å². The highest BCUT2D eigenvalue weighted by atomic mass is 16.1. The molecule has 0 radical (unpaired) electrons. The van der Waals surface area contributed by atoms with Gasteiger partial charge in [0.05, 0.1) is 0 Å². The summed E-state index contributed by atoms with van der Waals surface area (Å²) >= 11 is 0. The Morgan fingerprint density at radius 3 is 2.53 bits per heavy atom. The van der Waals surface area contributed by atoms with Gasteiger partial charge in [-0.1, -0.05) is 34.1 Å². The number of Topliss-reactive ketones (excluding diaryl/α,β-unsaturated/α-hetero) is 1. The summed E-state index contributed by atoms with van der Waals surface area (Å²) in [4.78, 5) is 11.9. The average Bonchev–Trinajstić information content (AvgIpc) is 2.22. The number of rotatable bonds is 2. The molecular formula is C16H28O. The maximum absolute atomic E-state index is 11.9. The van der Waals surface area contributed by atoms with Crippen LogP contribution in [0.2, 0.25) is 0 Å². The fourth-order valence-electron chi connectivity index (χ4n) is 4.44. The van der Waals surface area contributed by atoms with Gasteiger partial charge >= 0.3 is 0 Å². The highest BCUT2D eigenvalue weighted by Gasteiger charge is 2.43. The van der Waals surface area contributed by atoms with E-state index < -0.39 is 0 Å². The van der Waals surface area contributed by atoms with Gasteiger partial charge in [-0.05, 0) is 48.3 Å². The van der Waals surface area contributed by atoms with Gasteiger partial charge < -0.3 is 0 Å². The lowest BCUT2D eigenvalue weighted by Gasteiger charge is -2.47. The normalized spacial score (nSPS) is 42.6. The van der Waals surface area contributed by atoms with E-state index in [1.54, 1.807) is 0 Å². The highest BCUT2D eigenvalue weighted by molar-refractivity contribution is 5.79. The van der Waals surface area contributed by atoms with E-state index in [2.05, 4.69) is 27.7 Å². The first kappa shape index (κ1) is 13.1. The van der Waals surface area contributed by atoms with Crippen LogP contribution in [0.4, 0.5) is 0 Å². The molecule has 2 fully saturated rings. The lowest BCUT2D eigenvalue weighted by molar-refractivity contribution is -0.128. The molecule has 0 spiro atoms. The van der Waals surface area contributed by atoms with Crippen LogP contribution in [0.1, 0.15) is 59.8 Å². The summed E-state index contributed by atoms with van der Waals surface area (Å²) in [6, 6.07) is 0. The minimum absolute atomic E-state index is 0.540. The molecule has 2 rings (SSSR count). The summed E-state index contributed by atoms with van der Waals surface area (Å²) in [7, 11) is 0. The first-order valence-corrected chi connectivity index (χ1v) is 7.50. The van der Waals surface area contributed by atoms with Crippen LogP contribution in [-0.4, -0.2) is 5.78 Å². The van der Waals surface area contributed by atoms with Crippen molar-refractivity contribution in [3.8, 4) is 0 Å². The Morgan fingerprint density at radius 1 is 1.18 bits per heavy atom. The molecular weight excluding hydrogens is 208 g/mol. The second kappa shape index (κ2) is 5.12. The predicted molar refractivity (Wildman–Crippen MR) is 71.7 cm³/mol. The molecule has 0 amide bonds. The Morgan fingerprint density at radius 2 is 1.88 bits per heavy atom. The van der Waals surface area contributed by atoms with E-state index in [0.29, 0.717) is 17.6 Å². The van der Waals surface area contributed by atoms with Gasteiger partial charge in [0.15, 0.2) is 0 Å². The fraction of sp³-hybridized carbons (Fsp3) is 0.938. The molecule has 0 saturated heterocycles. The van der Waals surface area contributed by atoms with Crippen molar-refractivity contribution in [2.75, 3.05) is 0 Å². The van der Waals surface area contributed by atoms with E-state index in [4.69, 9.17) is 0 Å². The molecule has 2 saturated carbocycles. The number of carbonyl (C=O) groups excluding carboxylic acids is 1. The summed E-state index contributed by atoms with van der Waals surface area (Å²) in [6.45, 7) is 9.43. The largest absolute Gasteiger partial charge is 0.300 e. The van der Waals surface area contributed by atoms with Crippen LogP contribution in [0.5, 0.6) is 0 Å². The van der Waals surface area contributed by atoms with E-state index in [9.17, 15) is 4.79 Å². The number of hydrogen-bond donors (Lipinski definition) is 0. The third-order valence-corrected chi connectivity index (χ3v) is 5.34. The molecule has 4 unspecified atom stereocenters. The van der Waals surface area contributed by atoms with Crippen molar-refractivity contribution >= 4 is 5.78 Å². The Balaban J connectivity index is 2.14. The second-order valence-corrected chi connectivity index (χ2v) is 7.09. The highest BCUT2D eigenvalue weighted by Crippen LogP contribution is 2.49. The van der Waals surface area contributed by atoms with Crippen molar-refractivity contribution in [1.82, 2.24) is 0 Å². The van der Waals surface area contributed by atoms with Gasteiger partial charge in [-0.15, -0.1) is 0 Å². The molecule has 0 aromatic rings. The SMILES string of the molecule is CC(C)CC1CC(=O)C[C@@H]2CCC(C)C(C)C12. The molecule has 0 aliphatic heterocycles. The zero-order valence-corrected chi connectivity index (χ0v) is 11.9. The third-order valence-electron chi connectivity index (χ3n) is 5.34. The van der Waals surface area contributed by atoms with E-state index >= 15 is 0 Å². The summed E-state index contributed by atoms with van der Waals surface area (Å²) < 4.78 is 0. The first-order valence-electron chi connectivity index (χ1n) is 7.50. The fourth-order valence-corrected chi connectivity index (χ4v) is 4.44. The van der Waals surface area contributed by atoms with Crippen molar-refractivity contribution in [2.45, 2.75) is 59.8 Å². The maximum Gasteiger partial charge on any atom is 0.133 e. The van der Waals surface area contributed by atoms with E-state index in [1.807, 2.05) is 0 Å².